The number of carbonyl (C=O) groups is 2. The zero-order valence-electron chi connectivity index (χ0n) is 30.3. The fourth-order valence-electron chi connectivity index (χ4n) is 14.3. The van der Waals surface area contributed by atoms with E-state index in [9.17, 15) is 9.59 Å². The van der Waals surface area contributed by atoms with Gasteiger partial charge < -0.3 is 0 Å². The van der Waals surface area contributed by atoms with E-state index in [0.29, 0.717) is 22.0 Å². The van der Waals surface area contributed by atoms with Gasteiger partial charge in [-0.25, -0.2) is 0 Å². The number of allylic oxidation sites excluding steroid dienone is 5. The maximum absolute atomic E-state index is 11.9. The zero-order valence-corrected chi connectivity index (χ0v) is 32.0. The Kier molecular flexibility index (Phi) is 10.1. The van der Waals surface area contributed by atoms with Gasteiger partial charge in [0.25, 0.3) is 0 Å². The molecule has 47 heavy (non-hydrogen) atoms. The molecule has 0 aromatic carbocycles. The Morgan fingerprint density at radius 3 is 1.74 bits per heavy atom. The number of hydrogen-bond donors (Lipinski definition) is 0. The molecular weight excluding hydrogens is 647 g/mol. The van der Waals surface area contributed by atoms with Gasteiger partial charge >= 0.3 is 22.5 Å². The first-order valence-electron chi connectivity index (χ1n) is 19.5. The van der Waals surface area contributed by atoms with Crippen LogP contribution in [0.3, 0.4) is 0 Å². The Labute approximate surface area is 291 Å². The molecule has 0 bridgehead atoms. The van der Waals surface area contributed by atoms with Crippen LogP contribution in [0.1, 0.15) is 144 Å². The SMILES string of the molecule is CC[C@H]1CCC2C3CCC4=CC(=O)C=C[C@]4(C)C3CC[C@@]21C.CC[C@H]1CCC2C3CCC4=CC(=O)CC[C@]4(C)C3CC[C@@]21C.O=[Se]=O. The van der Waals surface area contributed by atoms with Gasteiger partial charge in [-0.2, -0.15) is 0 Å². The van der Waals surface area contributed by atoms with Crippen molar-refractivity contribution >= 4 is 26.4 Å². The standard InChI is InChI=1S/C21H32O.C21H30O.O2Se/c2*1-4-14-6-8-18-17-7-5-15-13-16(22)9-11-21(15,3)19(17)10-12-20(14,18)2;1-3-2/h13-14,17-19H,4-12H2,1-3H3;9,11,13-14,17-19H,4-8,10,12H2,1-3H3;/t2*14-,17?,18?,19?,20+,21-;/m00./s1. The first-order chi connectivity index (χ1) is 22.4. The predicted octanol–water partition coefficient (Wildman–Crippen LogP) is 10.2. The fourth-order valence-corrected chi connectivity index (χ4v) is 14.3. The van der Waals surface area contributed by atoms with E-state index in [1.54, 1.807) is 0 Å². The molecule has 260 valence electrons. The Morgan fingerprint density at radius 1 is 0.638 bits per heavy atom. The van der Waals surface area contributed by atoms with Crippen LogP contribution in [0, 0.1) is 69.0 Å². The normalized spacial score (nSPS) is 47.5. The second-order valence-corrected chi connectivity index (χ2v) is 18.4. The molecule has 0 amide bonds. The first kappa shape index (κ1) is 35.5. The zero-order chi connectivity index (χ0) is 33.8. The third-order valence-corrected chi connectivity index (χ3v) is 16.9. The summed E-state index contributed by atoms with van der Waals surface area (Å²) >= 11 is -1.62. The fraction of sp³-hybridized carbons (Fsp3) is 0.810. The second kappa shape index (κ2) is 13.4. The molecule has 6 unspecified atom stereocenters. The molecule has 0 saturated heterocycles. The Bertz CT molecular complexity index is 1360. The summed E-state index contributed by atoms with van der Waals surface area (Å²) < 4.78 is 16.9. The van der Waals surface area contributed by atoms with E-state index in [1.165, 1.54) is 94.6 Å². The van der Waals surface area contributed by atoms with Crippen molar-refractivity contribution in [3.63, 3.8) is 0 Å². The van der Waals surface area contributed by atoms with Crippen LogP contribution in [0.2, 0.25) is 0 Å². The Morgan fingerprint density at radius 2 is 1.17 bits per heavy atom. The molecular formula is C42H62O4Se. The van der Waals surface area contributed by atoms with Crippen LogP contribution in [0.5, 0.6) is 0 Å². The van der Waals surface area contributed by atoms with Crippen LogP contribution in [-0.4, -0.2) is 26.4 Å². The summed E-state index contributed by atoms with van der Waals surface area (Å²) in [5.41, 5.74) is 4.68. The maximum atomic E-state index is 11.9. The molecule has 0 heterocycles. The molecule has 6 saturated carbocycles. The number of ketones is 2. The quantitative estimate of drug-likeness (QED) is 0.268. The summed E-state index contributed by atoms with van der Waals surface area (Å²) in [5.74, 6) is 7.85. The minimum atomic E-state index is -1.62. The number of hydrogen-bond acceptors (Lipinski definition) is 4. The molecule has 0 N–H and O–H groups in total. The van der Waals surface area contributed by atoms with Gasteiger partial charge in [0.2, 0.25) is 0 Å². The minimum absolute atomic E-state index is 0.169. The van der Waals surface area contributed by atoms with Crippen molar-refractivity contribution in [3.05, 3.63) is 35.5 Å². The van der Waals surface area contributed by atoms with Crippen molar-refractivity contribution in [3.8, 4) is 0 Å². The van der Waals surface area contributed by atoms with Crippen molar-refractivity contribution in [1.82, 2.24) is 0 Å². The molecule has 0 aliphatic heterocycles. The molecule has 4 nitrogen and oxygen atoms in total. The van der Waals surface area contributed by atoms with E-state index < -0.39 is 14.8 Å². The molecule has 12 atom stereocenters. The monoisotopic (exact) mass is 710 g/mol. The van der Waals surface area contributed by atoms with E-state index in [-0.39, 0.29) is 11.2 Å². The number of fused-ring (bicyclic) bond motifs is 10. The van der Waals surface area contributed by atoms with Crippen molar-refractivity contribution in [2.24, 2.45) is 69.0 Å². The molecule has 0 aromatic rings. The van der Waals surface area contributed by atoms with Crippen LogP contribution < -0.4 is 0 Å². The van der Waals surface area contributed by atoms with Crippen molar-refractivity contribution < 1.29 is 17.3 Å². The first-order valence-corrected chi connectivity index (χ1v) is 20.9. The van der Waals surface area contributed by atoms with Gasteiger partial charge in [-0.05, 0) is 165 Å². The molecule has 0 radical (unpaired) electrons. The second-order valence-electron chi connectivity index (χ2n) is 18.1. The van der Waals surface area contributed by atoms with Crippen molar-refractivity contribution in [1.29, 1.82) is 0 Å². The summed E-state index contributed by atoms with van der Waals surface area (Å²) in [6.45, 7) is 14.9. The predicted molar refractivity (Wildman–Crippen MR) is 188 cm³/mol. The van der Waals surface area contributed by atoms with Gasteiger partial charge in [-0.15, -0.1) is 0 Å². The van der Waals surface area contributed by atoms with Gasteiger partial charge in [0.1, 0.15) is 0 Å². The molecule has 8 rings (SSSR count). The van der Waals surface area contributed by atoms with E-state index in [0.717, 1.165) is 66.6 Å². The van der Waals surface area contributed by atoms with Crippen LogP contribution in [0.15, 0.2) is 35.5 Å². The average Bonchev–Trinajstić information content (AvgIpc) is 3.58. The topological polar surface area (TPSA) is 68.3 Å². The van der Waals surface area contributed by atoms with Crippen LogP contribution in [0.4, 0.5) is 0 Å². The third kappa shape index (κ3) is 5.78. The van der Waals surface area contributed by atoms with Gasteiger partial charge in [-0.3, -0.25) is 9.59 Å². The number of rotatable bonds is 2. The third-order valence-electron chi connectivity index (χ3n) is 16.9. The molecule has 6 fully saturated rings. The van der Waals surface area contributed by atoms with Crippen LogP contribution in [-0.2, 0) is 17.3 Å². The van der Waals surface area contributed by atoms with Gasteiger partial charge in [0.15, 0.2) is 11.6 Å². The molecule has 0 aromatic heterocycles. The number of carbonyl (C=O) groups excluding carboxylic acids is 2. The van der Waals surface area contributed by atoms with Crippen LogP contribution >= 0.6 is 0 Å². The molecule has 8 aliphatic rings. The average molecular weight is 710 g/mol. The molecule has 0 spiro atoms. The Balaban J connectivity index is 0.000000152. The summed E-state index contributed by atoms with van der Waals surface area (Å²) in [5, 5.41) is 0. The molecule has 5 heteroatoms. The van der Waals surface area contributed by atoms with Crippen molar-refractivity contribution in [2.75, 3.05) is 0 Å². The van der Waals surface area contributed by atoms with E-state index >= 15 is 0 Å². The van der Waals surface area contributed by atoms with Crippen molar-refractivity contribution in [2.45, 2.75) is 144 Å². The van der Waals surface area contributed by atoms with Gasteiger partial charge in [0.05, 0.1) is 0 Å². The molecule has 8 aliphatic carbocycles. The Hall–Kier alpha value is -1.32. The van der Waals surface area contributed by atoms with Gasteiger partial charge in [-0.1, -0.05) is 71.6 Å². The summed E-state index contributed by atoms with van der Waals surface area (Å²) in [6, 6.07) is 0. The van der Waals surface area contributed by atoms with E-state index in [2.05, 4.69) is 47.6 Å². The van der Waals surface area contributed by atoms with E-state index in [1.807, 2.05) is 18.2 Å². The summed E-state index contributed by atoms with van der Waals surface area (Å²) in [7, 11) is 0. The van der Waals surface area contributed by atoms with Crippen LogP contribution in [0.25, 0.3) is 0 Å². The van der Waals surface area contributed by atoms with Gasteiger partial charge in [0, 0.05) is 11.8 Å². The summed E-state index contributed by atoms with van der Waals surface area (Å²) in [6.07, 6.45) is 29.2. The van der Waals surface area contributed by atoms with E-state index in [4.69, 9.17) is 7.67 Å². The summed E-state index contributed by atoms with van der Waals surface area (Å²) in [4.78, 5) is 23.6.